The van der Waals surface area contributed by atoms with Gasteiger partial charge in [-0.25, -0.2) is 8.42 Å². The standard InChI is InChI=1S/C29H38F3N3O4S/c1-19(34-27(37)28(13-5-6-14-28)15-7-8-16-40(4,38)39)17-22-9-11-23(12-10-22)35-26(36)25-21(3)33-20(2)18-24(25)29(30,31)32/h9-12,18-19H,5-8,13-17H2,1-4H3,(H,34,37)(H,35,36)/t19-/m1/s1. The number of aromatic nitrogens is 1. The SMILES string of the molecule is Cc1cc(C(F)(F)F)c(C(=O)Nc2ccc(C[C@@H](C)NC(=O)C3(CCCCS(C)(=O)=O)CCCC3)cc2)c(C)n1. The molecule has 1 aromatic carbocycles. The van der Waals surface area contributed by atoms with Gasteiger partial charge in [0, 0.05) is 34.8 Å². The lowest BCUT2D eigenvalue weighted by molar-refractivity contribution is -0.138. The number of hydrogen-bond donors (Lipinski definition) is 2. The van der Waals surface area contributed by atoms with Crippen LogP contribution in [0.2, 0.25) is 0 Å². The molecule has 0 aliphatic heterocycles. The van der Waals surface area contributed by atoms with Gasteiger partial charge in [0.1, 0.15) is 9.84 Å². The fourth-order valence-corrected chi connectivity index (χ4v) is 6.24. The van der Waals surface area contributed by atoms with Crippen LogP contribution in [-0.4, -0.2) is 43.3 Å². The van der Waals surface area contributed by atoms with Crippen molar-refractivity contribution in [2.75, 3.05) is 17.3 Å². The van der Waals surface area contributed by atoms with Gasteiger partial charge in [0.2, 0.25) is 5.91 Å². The number of alkyl halides is 3. The summed E-state index contributed by atoms with van der Waals surface area (Å²) in [6.45, 7) is 4.73. The summed E-state index contributed by atoms with van der Waals surface area (Å²) in [6, 6.07) is 7.46. The number of nitrogens with one attached hydrogen (secondary N) is 2. The molecule has 1 aliphatic rings. The number of pyridine rings is 1. The van der Waals surface area contributed by atoms with Crippen LogP contribution < -0.4 is 10.6 Å². The Labute approximate surface area is 234 Å². The normalized spacial score (nSPS) is 16.0. The number of hydrogen-bond acceptors (Lipinski definition) is 5. The highest BCUT2D eigenvalue weighted by atomic mass is 32.2. The van der Waals surface area contributed by atoms with Crippen LogP contribution in [0, 0.1) is 19.3 Å². The molecule has 7 nitrogen and oxygen atoms in total. The number of unbranched alkanes of at least 4 members (excludes halogenated alkanes) is 1. The maximum atomic E-state index is 13.6. The van der Waals surface area contributed by atoms with E-state index in [1.54, 1.807) is 24.3 Å². The van der Waals surface area contributed by atoms with Crippen LogP contribution in [0.25, 0.3) is 0 Å². The first-order valence-corrected chi connectivity index (χ1v) is 15.6. The van der Waals surface area contributed by atoms with E-state index in [-0.39, 0.29) is 29.1 Å². The molecule has 2 N–H and O–H groups in total. The van der Waals surface area contributed by atoms with Crippen molar-refractivity contribution in [2.24, 2.45) is 5.41 Å². The molecule has 11 heteroatoms. The molecule has 1 aromatic heterocycles. The lowest BCUT2D eigenvalue weighted by atomic mass is 9.80. The van der Waals surface area contributed by atoms with E-state index in [0.717, 1.165) is 37.3 Å². The minimum absolute atomic E-state index is 0.00134. The van der Waals surface area contributed by atoms with Crippen molar-refractivity contribution in [1.29, 1.82) is 0 Å². The summed E-state index contributed by atoms with van der Waals surface area (Å²) in [5, 5.41) is 5.66. The van der Waals surface area contributed by atoms with Crippen LogP contribution in [0.5, 0.6) is 0 Å². The van der Waals surface area contributed by atoms with Crippen LogP contribution in [0.1, 0.15) is 84.7 Å². The zero-order valence-corrected chi connectivity index (χ0v) is 24.3. The van der Waals surface area contributed by atoms with Crippen molar-refractivity contribution in [3.05, 3.63) is 58.4 Å². The number of carbonyl (C=O) groups is 2. The molecule has 1 fully saturated rings. The van der Waals surface area contributed by atoms with Crippen molar-refractivity contribution in [3.8, 4) is 0 Å². The van der Waals surface area contributed by atoms with Crippen molar-refractivity contribution < 1.29 is 31.2 Å². The summed E-state index contributed by atoms with van der Waals surface area (Å²) in [5.74, 6) is -0.755. The quantitative estimate of drug-likeness (QED) is 0.327. The van der Waals surface area contributed by atoms with Gasteiger partial charge < -0.3 is 10.6 Å². The molecule has 2 amide bonds. The largest absolute Gasteiger partial charge is 0.417 e. The molecule has 0 unspecified atom stereocenters. The second-order valence-electron chi connectivity index (χ2n) is 11.1. The molecule has 0 saturated heterocycles. The number of halogens is 3. The first-order valence-electron chi connectivity index (χ1n) is 13.5. The van der Waals surface area contributed by atoms with E-state index >= 15 is 0 Å². The fourth-order valence-electron chi connectivity index (χ4n) is 5.51. The number of carbonyl (C=O) groups excluding carboxylic acids is 2. The molecular formula is C29H38F3N3O4S. The van der Waals surface area contributed by atoms with E-state index in [2.05, 4.69) is 15.6 Å². The highest BCUT2D eigenvalue weighted by molar-refractivity contribution is 7.90. The Hall–Kier alpha value is -2.95. The Morgan fingerprint density at radius 3 is 2.27 bits per heavy atom. The first kappa shape index (κ1) is 31.6. The average Bonchev–Trinajstić information content (AvgIpc) is 3.31. The van der Waals surface area contributed by atoms with Crippen LogP contribution in [0.3, 0.4) is 0 Å². The molecule has 220 valence electrons. The van der Waals surface area contributed by atoms with Crippen LogP contribution >= 0.6 is 0 Å². The third-order valence-electron chi connectivity index (χ3n) is 7.45. The number of anilines is 1. The van der Waals surface area contributed by atoms with E-state index in [1.807, 2.05) is 6.92 Å². The van der Waals surface area contributed by atoms with Gasteiger partial charge in [-0.05, 0) is 76.6 Å². The summed E-state index contributed by atoms with van der Waals surface area (Å²) >= 11 is 0. The zero-order chi connectivity index (χ0) is 29.7. The molecule has 1 atom stereocenters. The number of nitrogens with zero attached hydrogens (tertiary/aromatic N) is 1. The van der Waals surface area contributed by atoms with Gasteiger partial charge in [0.05, 0.1) is 16.8 Å². The van der Waals surface area contributed by atoms with E-state index < -0.39 is 38.5 Å². The fraction of sp³-hybridized carbons (Fsp3) is 0.552. The maximum absolute atomic E-state index is 13.6. The molecule has 0 radical (unpaired) electrons. The molecule has 1 saturated carbocycles. The molecular weight excluding hydrogens is 543 g/mol. The topological polar surface area (TPSA) is 105 Å². The summed E-state index contributed by atoms with van der Waals surface area (Å²) in [6.07, 6.45) is 2.50. The van der Waals surface area contributed by atoms with Crippen molar-refractivity contribution >= 4 is 27.3 Å². The van der Waals surface area contributed by atoms with Gasteiger partial charge >= 0.3 is 6.18 Å². The predicted molar refractivity (Wildman–Crippen MR) is 149 cm³/mol. The van der Waals surface area contributed by atoms with Gasteiger partial charge in [0.25, 0.3) is 5.91 Å². The first-order chi connectivity index (χ1) is 18.6. The molecule has 1 heterocycles. The van der Waals surface area contributed by atoms with E-state index in [1.165, 1.54) is 20.1 Å². The number of amides is 2. The Balaban J connectivity index is 1.60. The monoisotopic (exact) mass is 581 g/mol. The van der Waals surface area contributed by atoms with Gasteiger partial charge in [0.15, 0.2) is 0 Å². The highest BCUT2D eigenvalue weighted by Crippen LogP contribution is 2.42. The minimum atomic E-state index is -4.69. The molecule has 2 aromatic rings. The predicted octanol–water partition coefficient (Wildman–Crippen LogP) is 5.79. The Bertz CT molecular complexity index is 1320. The summed E-state index contributed by atoms with van der Waals surface area (Å²) in [7, 11) is -3.02. The smallest absolute Gasteiger partial charge is 0.353 e. The third-order valence-corrected chi connectivity index (χ3v) is 8.49. The van der Waals surface area contributed by atoms with Gasteiger partial charge in [-0.1, -0.05) is 31.4 Å². The molecule has 0 bridgehead atoms. The maximum Gasteiger partial charge on any atom is 0.417 e. The molecule has 40 heavy (non-hydrogen) atoms. The number of sulfone groups is 1. The average molecular weight is 582 g/mol. The summed E-state index contributed by atoms with van der Waals surface area (Å²) in [5.41, 5.74) is -0.569. The Morgan fingerprint density at radius 1 is 1.07 bits per heavy atom. The summed E-state index contributed by atoms with van der Waals surface area (Å²) in [4.78, 5) is 30.0. The van der Waals surface area contributed by atoms with E-state index in [0.29, 0.717) is 31.4 Å². The van der Waals surface area contributed by atoms with Crippen molar-refractivity contribution in [1.82, 2.24) is 10.3 Å². The minimum Gasteiger partial charge on any atom is -0.353 e. The van der Waals surface area contributed by atoms with Crippen LogP contribution in [-0.2, 0) is 27.2 Å². The van der Waals surface area contributed by atoms with Crippen molar-refractivity contribution in [3.63, 3.8) is 0 Å². The Morgan fingerprint density at radius 2 is 1.70 bits per heavy atom. The van der Waals surface area contributed by atoms with Gasteiger partial charge in [-0.2, -0.15) is 13.2 Å². The summed E-state index contributed by atoms with van der Waals surface area (Å²) < 4.78 is 63.5. The Kier molecular flexibility index (Phi) is 10.0. The van der Waals surface area contributed by atoms with Gasteiger partial charge in [-0.3, -0.25) is 14.6 Å². The number of benzene rings is 1. The number of rotatable bonds is 11. The van der Waals surface area contributed by atoms with Crippen LogP contribution in [0.4, 0.5) is 18.9 Å². The highest BCUT2D eigenvalue weighted by Gasteiger charge is 2.41. The lowest BCUT2D eigenvalue weighted by Gasteiger charge is -2.29. The molecule has 0 spiro atoms. The van der Waals surface area contributed by atoms with Crippen molar-refractivity contribution in [2.45, 2.75) is 84.4 Å². The van der Waals surface area contributed by atoms with E-state index in [9.17, 15) is 31.2 Å². The third kappa shape index (κ3) is 8.52. The van der Waals surface area contributed by atoms with Crippen LogP contribution in [0.15, 0.2) is 30.3 Å². The van der Waals surface area contributed by atoms with Gasteiger partial charge in [-0.15, -0.1) is 0 Å². The lowest BCUT2D eigenvalue weighted by Crippen LogP contribution is -2.44. The molecule has 1 aliphatic carbocycles. The zero-order valence-electron chi connectivity index (χ0n) is 23.5. The second kappa shape index (κ2) is 12.7. The number of aryl methyl sites for hydroxylation is 2. The second-order valence-corrected chi connectivity index (χ2v) is 13.3. The van der Waals surface area contributed by atoms with E-state index in [4.69, 9.17) is 0 Å². The molecule has 3 rings (SSSR count).